The molecule has 0 bridgehead atoms. The van der Waals surface area contributed by atoms with Gasteiger partial charge in [-0.2, -0.15) is 0 Å². The number of ether oxygens (including phenoxy) is 3. The topological polar surface area (TPSA) is 163 Å². The Balaban J connectivity index is 3.98. The second-order valence-electron chi connectivity index (χ2n) is 26.5. The van der Waals surface area contributed by atoms with Gasteiger partial charge in [-0.1, -0.05) is 124 Å². The summed E-state index contributed by atoms with van der Waals surface area (Å²) in [6.07, 6.45) is 12.2. The zero-order chi connectivity index (χ0) is 52.6. The summed E-state index contributed by atoms with van der Waals surface area (Å²) in [6, 6.07) is -0.619. The van der Waals surface area contributed by atoms with Crippen LogP contribution < -0.4 is 5.32 Å². The first kappa shape index (κ1) is 65.4. The Bertz CT molecular complexity index is 1500. The quantitative estimate of drug-likeness (QED) is 0.0219. The minimum absolute atomic E-state index is 0.0187. The standard InChI is InChI=1S/C50H108N4O9Si5/c1-23-24-25-26-27-28-29-30-31-32-33-34-35-41(60-68(21,22)49(5,6)7)39(36-50(8,9)67(19,20)56)40(53-47(55)59-48(2,3)4)38-57-46-45(63-66(16,17)18)44(62-65(13,14)15)43(61-64(10,11)12)42(58-46)37-52-54-51/h39-46,56H,23-38H2,1-22H3,(H,53,55)/t39-,40-,41+,42?,43-,44?,45?,46-/m0/s1. The average molecular weight is 1050 g/mol. The van der Waals surface area contributed by atoms with E-state index >= 15 is 0 Å². The van der Waals surface area contributed by atoms with Gasteiger partial charge in [0.05, 0.1) is 31.4 Å². The van der Waals surface area contributed by atoms with Gasteiger partial charge >= 0.3 is 6.09 Å². The van der Waals surface area contributed by atoms with Crippen molar-refractivity contribution in [2.24, 2.45) is 11.0 Å². The Labute approximate surface area is 423 Å². The lowest BCUT2D eigenvalue weighted by Gasteiger charge is -2.51. The molecule has 1 aliphatic heterocycles. The van der Waals surface area contributed by atoms with Crippen molar-refractivity contribution in [2.75, 3.05) is 13.2 Å². The fraction of sp³-hybridized carbons (Fsp3) is 0.980. The summed E-state index contributed by atoms with van der Waals surface area (Å²) in [5.74, 6) is -0.283. The van der Waals surface area contributed by atoms with Crippen LogP contribution in [-0.4, -0.2) is 114 Å². The van der Waals surface area contributed by atoms with Gasteiger partial charge < -0.3 is 42.0 Å². The molecule has 1 amide bonds. The minimum atomic E-state index is -2.79. The SMILES string of the molecule is CCCCCCCCCCCCCC[C@@H](O[Si](C)(C)C(C)(C)C)[C@@H](CC(C)(C)[Si](C)(C)O)[C@H](CO[C@H]1OC(CN=[N+]=[N-])[C@H](O[Si](C)(C)C)C(O[Si](C)(C)C)C1O[Si](C)(C)C)NC(=O)OC(C)(C)C. The van der Waals surface area contributed by atoms with Gasteiger partial charge in [-0.05, 0) is 134 Å². The lowest BCUT2D eigenvalue weighted by atomic mass is 9.83. The monoisotopic (exact) mass is 1050 g/mol. The second kappa shape index (κ2) is 28.2. The summed E-state index contributed by atoms with van der Waals surface area (Å²) >= 11 is 0. The first-order valence-corrected chi connectivity index (χ1v) is 42.6. The van der Waals surface area contributed by atoms with Crippen LogP contribution in [0.15, 0.2) is 5.11 Å². The molecule has 1 heterocycles. The Kier molecular flexibility index (Phi) is 27.1. The van der Waals surface area contributed by atoms with Crippen LogP contribution in [0, 0.1) is 5.92 Å². The fourth-order valence-electron chi connectivity index (χ4n) is 8.31. The predicted molar refractivity (Wildman–Crippen MR) is 296 cm³/mol. The highest BCUT2D eigenvalue weighted by molar-refractivity contribution is 6.74. The molecule has 0 aliphatic carbocycles. The van der Waals surface area contributed by atoms with E-state index in [1.54, 1.807) is 0 Å². The minimum Gasteiger partial charge on any atom is -0.444 e. The van der Waals surface area contributed by atoms with Gasteiger partial charge in [0.1, 0.15) is 17.8 Å². The lowest BCUT2D eigenvalue weighted by Crippen LogP contribution is -2.66. The summed E-state index contributed by atoms with van der Waals surface area (Å²) < 4.78 is 48.5. The number of carbonyl (C=O) groups is 1. The number of rotatable bonds is 32. The van der Waals surface area contributed by atoms with Crippen LogP contribution in [0.1, 0.15) is 152 Å². The van der Waals surface area contributed by atoms with Crippen molar-refractivity contribution in [2.45, 2.75) is 296 Å². The highest BCUT2D eigenvalue weighted by Gasteiger charge is 2.53. The fourth-order valence-corrected chi connectivity index (χ4v) is 13.7. The van der Waals surface area contributed by atoms with Crippen LogP contribution in [0.3, 0.4) is 0 Å². The number of unbranched alkanes of at least 4 members (excludes halogenated alkanes) is 11. The van der Waals surface area contributed by atoms with Crippen molar-refractivity contribution in [3.8, 4) is 0 Å². The third kappa shape index (κ3) is 25.9. The number of carbonyl (C=O) groups excluding carboxylic acids is 1. The van der Waals surface area contributed by atoms with Gasteiger partial charge in [-0.3, -0.25) is 0 Å². The second-order valence-corrected chi connectivity index (χ2v) is 49.1. The van der Waals surface area contributed by atoms with E-state index in [4.69, 9.17) is 31.9 Å². The van der Waals surface area contributed by atoms with E-state index in [2.05, 4.69) is 129 Å². The zero-order valence-electron chi connectivity index (χ0n) is 48.0. The van der Waals surface area contributed by atoms with Crippen molar-refractivity contribution in [3.63, 3.8) is 0 Å². The maximum atomic E-state index is 14.1. The molecule has 13 nitrogen and oxygen atoms in total. The summed E-state index contributed by atoms with van der Waals surface area (Å²) in [7, 11) is -12.0. The van der Waals surface area contributed by atoms with Crippen LogP contribution in [0.4, 0.5) is 4.79 Å². The third-order valence-electron chi connectivity index (χ3n) is 13.5. The molecule has 0 saturated carbocycles. The van der Waals surface area contributed by atoms with Gasteiger partial charge in [-0.25, -0.2) is 4.79 Å². The molecule has 0 aromatic rings. The summed E-state index contributed by atoms with van der Waals surface area (Å²) in [5.41, 5.74) is 8.81. The van der Waals surface area contributed by atoms with E-state index in [1.807, 2.05) is 33.9 Å². The average Bonchev–Trinajstić information content (AvgIpc) is 3.13. The smallest absolute Gasteiger partial charge is 0.407 e. The highest BCUT2D eigenvalue weighted by atomic mass is 28.4. The first-order valence-electron chi connectivity index (χ1n) is 26.5. The van der Waals surface area contributed by atoms with Crippen LogP contribution in [0.5, 0.6) is 0 Å². The van der Waals surface area contributed by atoms with Crippen molar-refractivity contribution < 1.29 is 41.5 Å². The van der Waals surface area contributed by atoms with Gasteiger partial charge in [0, 0.05) is 16.9 Å². The molecule has 2 N–H and O–H groups in total. The molecule has 0 aromatic carbocycles. The molecule has 1 saturated heterocycles. The number of alkyl carbamates (subject to hydrolysis) is 1. The van der Waals surface area contributed by atoms with Gasteiger partial charge in [0.25, 0.3) is 0 Å². The molecule has 68 heavy (non-hydrogen) atoms. The molecule has 1 aliphatic rings. The van der Waals surface area contributed by atoms with Crippen LogP contribution in [0.25, 0.3) is 10.4 Å². The summed E-state index contributed by atoms with van der Waals surface area (Å²) in [6.45, 7) is 46.9. The third-order valence-corrected chi connectivity index (χ3v) is 24.5. The van der Waals surface area contributed by atoms with E-state index in [0.29, 0.717) is 6.42 Å². The molecular weight excluding hydrogens is 941 g/mol. The van der Waals surface area contributed by atoms with E-state index in [1.165, 1.54) is 64.2 Å². The van der Waals surface area contributed by atoms with Crippen LogP contribution in [0.2, 0.25) is 95.2 Å². The molecule has 3 unspecified atom stereocenters. The van der Waals surface area contributed by atoms with Crippen LogP contribution in [-0.2, 0) is 31.9 Å². The van der Waals surface area contributed by atoms with Gasteiger partial charge in [-0.15, -0.1) is 0 Å². The Hall–Kier alpha value is -0.616. The van der Waals surface area contributed by atoms with E-state index < -0.39 is 95.1 Å². The molecular formula is C50H108N4O9Si5. The maximum absolute atomic E-state index is 14.1. The molecule has 0 radical (unpaired) electrons. The normalized spacial score (nSPS) is 21.8. The largest absolute Gasteiger partial charge is 0.444 e. The summed E-state index contributed by atoms with van der Waals surface area (Å²) in [4.78, 5) is 29.2. The number of azide groups is 1. The number of amides is 1. The van der Waals surface area contributed by atoms with Crippen molar-refractivity contribution in [3.05, 3.63) is 10.4 Å². The zero-order valence-corrected chi connectivity index (χ0v) is 53.0. The molecule has 1 fully saturated rings. The van der Waals surface area contributed by atoms with E-state index in [-0.39, 0.29) is 30.2 Å². The van der Waals surface area contributed by atoms with E-state index in [0.717, 1.165) is 19.3 Å². The van der Waals surface area contributed by atoms with Crippen molar-refractivity contribution in [1.82, 2.24) is 5.32 Å². The molecule has 1 rings (SSSR count). The summed E-state index contributed by atoms with van der Waals surface area (Å²) in [5, 5.41) is 6.78. The number of hydrogen-bond donors (Lipinski definition) is 2. The first-order chi connectivity index (χ1) is 30.8. The van der Waals surface area contributed by atoms with Crippen molar-refractivity contribution >= 4 is 47.7 Å². The lowest BCUT2D eigenvalue weighted by molar-refractivity contribution is -0.286. The van der Waals surface area contributed by atoms with Crippen molar-refractivity contribution in [1.29, 1.82) is 0 Å². The highest BCUT2D eigenvalue weighted by Crippen LogP contribution is 2.47. The van der Waals surface area contributed by atoms with E-state index in [9.17, 15) is 15.1 Å². The Morgan fingerprint density at radius 1 is 0.706 bits per heavy atom. The van der Waals surface area contributed by atoms with Gasteiger partial charge in [0.2, 0.25) is 0 Å². The number of hydrogen-bond acceptors (Lipinski definition) is 10. The number of nitrogens with one attached hydrogen (secondary N) is 1. The Morgan fingerprint density at radius 3 is 1.59 bits per heavy atom. The maximum Gasteiger partial charge on any atom is 0.407 e. The predicted octanol–water partition coefficient (Wildman–Crippen LogP) is 15.1. The Morgan fingerprint density at radius 2 is 1.16 bits per heavy atom. The molecule has 402 valence electrons. The van der Waals surface area contributed by atoms with Crippen LogP contribution >= 0.6 is 0 Å². The number of nitrogens with zero attached hydrogens (tertiary/aromatic N) is 3. The van der Waals surface area contributed by atoms with Gasteiger partial charge in [0.15, 0.2) is 47.9 Å². The molecule has 0 aromatic heterocycles. The molecule has 18 heteroatoms. The molecule has 8 atom stereocenters. The molecule has 0 spiro atoms.